The average Bonchev–Trinajstić information content (AvgIpc) is 2.60. The first-order valence-corrected chi connectivity index (χ1v) is 11.6. The van der Waals surface area contributed by atoms with Crippen molar-refractivity contribution in [2.24, 2.45) is 5.41 Å². The van der Waals surface area contributed by atoms with Crippen molar-refractivity contribution in [2.75, 3.05) is 19.8 Å². The highest BCUT2D eigenvalue weighted by Gasteiger charge is 2.52. The molecule has 2 aromatic carbocycles. The Morgan fingerprint density at radius 2 is 1.50 bits per heavy atom. The van der Waals surface area contributed by atoms with E-state index in [0.29, 0.717) is 19.8 Å². The summed E-state index contributed by atoms with van der Waals surface area (Å²) in [4.78, 5) is 2.88. The van der Waals surface area contributed by atoms with Gasteiger partial charge in [0.15, 0.2) is 0 Å². The molecule has 4 heteroatoms. The van der Waals surface area contributed by atoms with Crippen LogP contribution in [0.3, 0.4) is 0 Å². The summed E-state index contributed by atoms with van der Waals surface area (Å²) in [5.41, 5.74) is -0.212. The lowest BCUT2D eigenvalue weighted by Crippen LogP contribution is -2.68. The Balaban J connectivity index is 2.10. The van der Waals surface area contributed by atoms with E-state index < -0.39 is 8.32 Å². The maximum Gasteiger partial charge on any atom is 0.261 e. The summed E-state index contributed by atoms with van der Waals surface area (Å²) in [5, 5.41) is 2.56. The molecule has 0 spiro atoms. The van der Waals surface area contributed by atoms with Gasteiger partial charge in [0, 0.05) is 15.9 Å². The molecule has 0 unspecified atom stereocenters. The lowest BCUT2D eigenvalue weighted by molar-refractivity contribution is -0.0966. The van der Waals surface area contributed by atoms with Crippen LogP contribution in [0, 0.1) is 16.2 Å². The molecule has 0 radical (unpaired) electrons. The van der Waals surface area contributed by atoms with E-state index in [0.717, 1.165) is 0 Å². The van der Waals surface area contributed by atoms with E-state index in [4.69, 9.17) is 9.16 Å². The molecule has 1 aliphatic heterocycles. The average molecular weight is 429 g/mol. The third-order valence-corrected chi connectivity index (χ3v) is 10.2. The quantitative estimate of drug-likeness (QED) is 0.530. The lowest BCUT2D eigenvalue weighted by atomic mass is 9.88. The van der Waals surface area contributed by atoms with E-state index in [1.165, 1.54) is 10.4 Å². The van der Waals surface area contributed by atoms with Crippen molar-refractivity contribution in [2.45, 2.75) is 25.8 Å². The van der Waals surface area contributed by atoms with Crippen LogP contribution in [0.4, 0.5) is 0 Å². The molecule has 2 nitrogen and oxygen atoms in total. The summed E-state index contributed by atoms with van der Waals surface area (Å²) in [6.45, 7) is 8.71. The van der Waals surface area contributed by atoms with E-state index >= 15 is 0 Å². The van der Waals surface area contributed by atoms with E-state index in [-0.39, 0.29) is 10.5 Å². The fraction of sp³-hybridized carbons (Fsp3) is 0.364. The molecule has 0 aliphatic carbocycles. The second-order valence-corrected chi connectivity index (χ2v) is 12.6. The van der Waals surface area contributed by atoms with Gasteiger partial charge in [-0.15, -0.1) is 0 Å². The van der Waals surface area contributed by atoms with Crippen LogP contribution < -0.4 is 10.4 Å². The molecule has 0 N–H and O–H groups in total. The van der Waals surface area contributed by atoms with Gasteiger partial charge in [-0.3, -0.25) is 0 Å². The van der Waals surface area contributed by atoms with Crippen LogP contribution in [0.15, 0.2) is 60.7 Å². The fourth-order valence-corrected chi connectivity index (χ4v) is 8.72. The molecule has 136 valence electrons. The summed E-state index contributed by atoms with van der Waals surface area (Å²) in [6.07, 6.45) is 0. The Morgan fingerprint density at radius 1 is 1.00 bits per heavy atom. The van der Waals surface area contributed by atoms with Gasteiger partial charge in [0.2, 0.25) is 0 Å². The van der Waals surface area contributed by atoms with Crippen molar-refractivity contribution in [3.63, 3.8) is 0 Å². The molecule has 1 fully saturated rings. The Bertz CT molecular complexity index is 744. The SMILES string of the molecule is CC(C)(C)[Si](OCC1(C#CBr)COC1)(c1ccccc1)c1ccccc1. The largest absolute Gasteiger partial charge is 0.406 e. The number of hydrogen-bond donors (Lipinski definition) is 0. The number of ether oxygens (including phenoxy) is 1. The van der Waals surface area contributed by atoms with Crippen molar-refractivity contribution in [3.8, 4) is 10.8 Å². The molecular weight excluding hydrogens is 404 g/mol. The van der Waals surface area contributed by atoms with Crippen molar-refractivity contribution < 1.29 is 9.16 Å². The Labute approximate surface area is 166 Å². The van der Waals surface area contributed by atoms with Crippen molar-refractivity contribution >= 4 is 34.6 Å². The van der Waals surface area contributed by atoms with Crippen LogP contribution in [0.25, 0.3) is 0 Å². The summed E-state index contributed by atoms with van der Waals surface area (Å²) >= 11 is 3.25. The zero-order valence-electron chi connectivity index (χ0n) is 15.6. The number of rotatable bonds is 5. The smallest absolute Gasteiger partial charge is 0.261 e. The maximum atomic E-state index is 6.96. The third-order valence-electron chi connectivity index (χ3n) is 5.05. The molecule has 1 saturated heterocycles. The van der Waals surface area contributed by atoms with E-state index in [1.54, 1.807) is 0 Å². The van der Waals surface area contributed by atoms with E-state index in [1.807, 2.05) is 0 Å². The van der Waals surface area contributed by atoms with Gasteiger partial charge in [0.25, 0.3) is 8.32 Å². The first-order valence-electron chi connectivity index (χ1n) is 8.89. The summed E-state index contributed by atoms with van der Waals surface area (Å²) in [7, 11) is -2.51. The highest BCUT2D eigenvalue weighted by atomic mass is 79.9. The molecule has 0 bridgehead atoms. The lowest BCUT2D eigenvalue weighted by Gasteiger charge is -2.46. The van der Waals surface area contributed by atoms with Crippen LogP contribution in [-0.2, 0) is 9.16 Å². The Hall–Kier alpha value is -1.38. The molecule has 1 aliphatic rings. The maximum absolute atomic E-state index is 6.96. The summed E-state index contributed by atoms with van der Waals surface area (Å²) in [6, 6.07) is 21.4. The normalized spacial score (nSPS) is 16.3. The first kappa shape index (κ1) is 19.4. The monoisotopic (exact) mass is 428 g/mol. The molecule has 0 saturated carbocycles. The highest BCUT2D eigenvalue weighted by Crippen LogP contribution is 2.39. The van der Waals surface area contributed by atoms with Gasteiger partial charge in [-0.25, -0.2) is 0 Å². The molecule has 0 aromatic heterocycles. The molecule has 0 atom stereocenters. The number of hydrogen-bond acceptors (Lipinski definition) is 2. The minimum atomic E-state index is -2.51. The van der Waals surface area contributed by atoms with Crippen LogP contribution in [-0.4, -0.2) is 28.1 Å². The molecule has 1 heterocycles. The van der Waals surface area contributed by atoms with Crippen LogP contribution in [0.1, 0.15) is 20.8 Å². The molecule has 0 amide bonds. The van der Waals surface area contributed by atoms with Gasteiger partial charge in [0.05, 0.1) is 19.8 Å². The number of halogens is 1. The highest BCUT2D eigenvalue weighted by molar-refractivity contribution is 9.12. The van der Waals surface area contributed by atoms with E-state index in [2.05, 4.69) is 108 Å². The molecule has 3 rings (SSSR count). The van der Waals surface area contributed by atoms with E-state index in [9.17, 15) is 0 Å². The van der Waals surface area contributed by atoms with Gasteiger partial charge < -0.3 is 9.16 Å². The van der Waals surface area contributed by atoms with Crippen LogP contribution in [0.2, 0.25) is 5.04 Å². The standard InChI is InChI=1S/C22H25BrO2Si/c1-21(2,3)26(19-10-6-4-7-11-19,20-12-8-5-9-13-20)25-18-22(14-15-23)16-24-17-22/h4-13H,16-18H2,1-3H3. The van der Waals surface area contributed by atoms with Gasteiger partial charge in [-0.05, 0) is 20.2 Å². The molecule has 2 aromatic rings. The van der Waals surface area contributed by atoms with Crippen molar-refractivity contribution in [1.29, 1.82) is 0 Å². The second-order valence-electron chi connectivity index (χ2n) is 7.94. The Morgan fingerprint density at radius 3 is 1.85 bits per heavy atom. The van der Waals surface area contributed by atoms with Gasteiger partial charge >= 0.3 is 0 Å². The van der Waals surface area contributed by atoms with Gasteiger partial charge in [-0.2, -0.15) is 0 Å². The molecular formula is C22H25BrO2Si. The zero-order chi connectivity index (χ0) is 18.7. The molecule has 26 heavy (non-hydrogen) atoms. The number of benzene rings is 2. The Kier molecular flexibility index (Phi) is 5.74. The predicted octanol–water partition coefficient (Wildman–Crippen LogP) is 3.94. The van der Waals surface area contributed by atoms with Crippen molar-refractivity contribution in [1.82, 2.24) is 0 Å². The summed E-state index contributed by atoms with van der Waals surface area (Å²) in [5.74, 6) is 3.26. The van der Waals surface area contributed by atoms with Crippen molar-refractivity contribution in [3.05, 3.63) is 60.7 Å². The van der Waals surface area contributed by atoms with Crippen LogP contribution in [0.5, 0.6) is 0 Å². The zero-order valence-corrected chi connectivity index (χ0v) is 18.2. The second kappa shape index (κ2) is 7.70. The minimum absolute atomic E-state index is 0.0245. The van der Waals surface area contributed by atoms with Gasteiger partial charge in [-0.1, -0.05) is 87.4 Å². The first-order chi connectivity index (χ1) is 12.4. The fourth-order valence-electron chi connectivity index (χ4n) is 3.65. The predicted molar refractivity (Wildman–Crippen MR) is 114 cm³/mol. The summed E-state index contributed by atoms with van der Waals surface area (Å²) < 4.78 is 12.4. The third kappa shape index (κ3) is 3.54. The topological polar surface area (TPSA) is 18.5 Å². The van der Waals surface area contributed by atoms with Crippen LogP contribution >= 0.6 is 15.9 Å². The minimum Gasteiger partial charge on any atom is -0.406 e. The van der Waals surface area contributed by atoms with Gasteiger partial charge in [0.1, 0.15) is 5.41 Å².